The Kier molecular flexibility index (Phi) is 22.4. The van der Waals surface area contributed by atoms with Gasteiger partial charge in [-0.15, -0.1) is 0 Å². The van der Waals surface area contributed by atoms with Crippen LogP contribution in [0.25, 0.3) is 22.6 Å². The van der Waals surface area contributed by atoms with Crippen LogP contribution in [0.1, 0.15) is 81.3 Å². The highest BCUT2D eigenvalue weighted by Gasteiger charge is 2.51. The molecule has 3 fully saturated rings. The van der Waals surface area contributed by atoms with E-state index in [2.05, 4.69) is 32.2 Å². The molecule has 484 valence electrons. The summed E-state index contributed by atoms with van der Waals surface area (Å²) in [5, 5.41) is 116. The Morgan fingerprint density at radius 3 is 2.07 bits per heavy atom. The highest BCUT2D eigenvalue weighted by Crippen LogP contribution is 2.34. The summed E-state index contributed by atoms with van der Waals surface area (Å²) < 4.78 is 48.1. The SMILES string of the molecule is CCCCCOc1ccc(-c2cc(-c3ccc(C(=O)N[C@H]4C[C@@H](O)[C@@H](O)NC(=O)[C@@H]5[C@@H](O)[C@@H](C)CN5C(=O)[C@H]([C@H](O)CC(N)=O)NC(=O)[C@H]([C@H](O)[C@@H](O)c5ccc(O)c(OS(=O)(=O)O)c5)NC(=O)[C@@H]5C[C@@H](O)CN5C(=O)[C@H]([C@H](C)O)NC4=O)cc3)no2)cc1. The molecule has 3 aliphatic rings. The first-order valence-electron chi connectivity index (χ1n) is 28.1. The predicted molar refractivity (Wildman–Crippen MR) is 304 cm³/mol. The number of phenols is 1. The zero-order chi connectivity index (χ0) is 65.3. The second-order valence-electron chi connectivity index (χ2n) is 21.9. The van der Waals surface area contributed by atoms with Gasteiger partial charge in [-0.2, -0.15) is 8.42 Å². The largest absolute Gasteiger partial charge is 0.504 e. The molecule has 0 bridgehead atoms. The number of rotatable bonds is 18. The Morgan fingerprint density at radius 1 is 0.787 bits per heavy atom. The van der Waals surface area contributed by atoms with Crippen LogP contribution in [-0.2, 0) is 44.0 Å². The molecule has 4 aromatic rings. The van der Waals surface area contributed by atoms with Crippen molar-refractivity contribution in [3.05, 3.63) is 83.9 Å². The van der Waals surface area contributed by atoms with Crippen LogP contribution in [0, 0.1) is 5.92 Å². The minimum Gasteiger partial charge on any atom is -0.504 e. The van der Waals surface area contributed by atoms with Crippen molar-refractivity contribution in [1.82, 2.24) is 41.5 Å². The Hall–Kier alpha value is -8.38. The number of carbonyl (C=O) groups excluding carboxylic acids is 8. The van der Waals surface area contributed by atoms with Crippen LogP contribution in [0.3, 0.4) is 0 Å². The number of amides is 8. The number of aliphatic hydroxyl groups excluding tert-OH is 8. The summed E-state index contributed by atoms with van der Waals surface area (Å²) in [7, 11) is -5.35. The summed E-state index contributed by atoms with van der Waals surface area (Å²) in [4.78, 5) is 115. The summed E-state index contributed by atoms with van der Waals surface area (Å²) in [5.74, 6) is -12.9. The van der Waals surface area contributed by atoms with Crippen molar-refractivity contribution < 1.29 is 111 Å². The van der Waals surface area contributed by atoms with Gasteiger partial charge in [-0.25, -0.2) is 0 Å². The Bertz CT molecular complexity index is 3340. The highest BCUT2D eigenvalue weighted by atomic mass is 32.3. The molecule has 89 heavy (non-hydrogen) atoms. The molecule has 8 amide bonds. The van der Waals surface area contributed by atoms with E-state index in [0.717, 1.165) is 32.3 Å². The number of aromatic nitrogens is 1. The molecular formula is C56H71N9O23S. The average molecular weight is 1270 g/mol. The molecule has 17 N–H and O–H groups in total. The first-order chi connectivity index (χ1) is 42.0. The number of benzene rings is 3. The van der Waals surface area contributed by atoms with Crippen molar-refractivity contribution in [1.29, 1.82) is 0 Å². The van der Waals surface area contributed by atoms with Gasteiger partial charge in [0.25, 0.3) is 5.91 Å². The molecular weight excluding hydrogens is 1200 g/mol. The Balaban J connectivity index is 1.22. The minimum atomic E-state index is -5.35. The van der Waals surface area contributed by atoms with Crippen LogP contribution < -0.4 is 41.2 Å². The van der Waals surface area contributed by atoms with Crippen LogP contribution in [0.5, 0.6) is 17.2 Å². The monoisotopic (exact) mass is 1270 g/mol. The quantitative estimate of drug-likeness (QED) is 0.0334. The maximum Gasteiger partial charge on any atom is 0.446 e. The third-order valence-corrected chi connectivity index (χ3v) is 15.6. The summed E-state index contributed by atoms with van der Waals surface area (Å²) in [6.45, 7) is 3.74. The fourth-order valence-electron chi connectivity index (χ4n) is 10.3. The molecule has 3 aromatic carbocycles. The van der Waals surface area contributed by atoms with E-state index in [9.17, 15) is 97.3 Å². The van der Waals surface area contributed by atoms with Gasteiger partial charge in [0, 0.05) is 54.6 Å². The molecule has 33 heteroatoms. The van der Waals surface area contributed by atoms with E-state index in [1.165, 1.54) is 31.2 Å². The number of ether oxygens (including phenoxy) is 1. The zero-order valence-corrected chi connectivity index (χ0v) is 48.9. The summed E-state index contributed by atoms with van der Waals surface area (Å²) >= 11 is 0. The number of nitrogens with two attached hydrogens (primary N) is 1. The van der Waals surface area contributed by atoms with Gasteiger partial charge in [0.15, 0.2) is 23.5 Å². The normalized spacial score (nSPS) is 26.4. The van der Waals surface area contributed by atoms with Gasteiger partial charge in [0.05, 0.1) is 37.4 Å². The van der Waals surface area contributed by atoms with Crippen LogP contribution in [0.15, 0.2) is 77.3 Å². The smallest absolute Gasteiger partial charge is 0.446 e. The van der Waals surface area contributed by atoms with Gasteiger partial charge < -0.3 is 102 Å². The topological polar surface area (TPSA) is 510 Å². The van der Waals surface area contributed by atoms with Gasteiger partial charge in [-0.1, -0.05) is 50.0 Å². The first kappa shape index (κ1) is 68.1. The van der Waals surface area contributed by atoms with Crippen molar-refractivity contribution in [2.24, 2.45) is 11.7 Å². The number of hydrogen-bond donors (Lipinski definition) is 16. The molecule has 0 radical (unpaired) electrons. The average Bonchev–Trinajstić information content (AvgIpc) is 2.76. The molecule has 0 saturated carbocycles. The molecule has 0 unspecified atom stereocenters. The van der Waals surface area contributed by atoms with Gasteiger partial charge in [-0.3, -0.25) is 42.9 Å². The summed E-state index contributed by atoms with van der Waals surface area (Å²) in [6.07, 6.45) is -17.3. The second kappa shape index (κ2) is 29.3. The Labute approximate surface area is 507 Å². The summed E-state index contributed by atoms with van der Waals surface area (Å²) in [6, 6.07) is 3.52. The van der Waals surface area contributed by atoms with Crippen LogP contribution in [0.2, 0.25) is 0 Å². The lowest BCUT2D eigenvalue weighted by molar-refractivity contribution is -0.149. The van der Waals surface area contributed by atoms with Gasteiger partial charge in [0.1, 0.15) is 66.0 Å². The third kappa shape index (κ3) is 16.9. The number of carbonyl (C=O) groups is 8. The second-order valence-corrected chi connectivity index (χ2v) is 22.9. The van der Waals surface area contributed by atoms with E-state index >= 15 is 0 Å². The number of aliphatic hydroxyl groups is 8. The number of primary amides is 1. The molecule has 1 aromatic heterocycles. The van der Waals surface area contributed by atoms with E-state index in [-0.39, 0.29) is 5.56 Å². The number of hydrogen-bond acceptors (Lipinski definition) is 23. The van der Waals surface area contributed by atoms with Crippen molar-refractivity contribution in [3.63, 3.8) is 0 Å². The fraction of sp³-hybridized carbons (Fsp3) is 0.482. The lowest BCUT2D eigenvalue weighted by Crippen LogP contribution is -2.64. The van der Waals surface area contributed by atoms with Gasteiger partial charge >= 0.3 is 10.4 Å². The number of aromatic hydroxyl groups is 1. The molecule has 3 saturated heterocycles. The molecule has 0 aliphatic carbocycles. The fourth-order valence-corrected chi connectivity index (χ4v) is 10.7. The van der Waals surface area contributed by atoms with Crippen LogP contribution in [0.4, 0.5) is 0 Å². The zero-order valence-electron chi connectivity index (χ0n) is 48.1. The van der Waals surface area contributed by atoms with Crippen LogP contribution in [-0.4, -0.2) is 220 Å². The predicted octanol–water partition coefficient (Wildman–Crippen LogP) is -3.90. The lowest BCUT2D eigenvalue weighted by atomic mass is 9.96. The van der Waals surface area contributed by atoms with Crippen molar-refractivity contribution in [2.75, 3.05) is 19.7 Å². The molecule has 15 atom stereocenters. The summed E-state index contributed by atoms with van der Waals surface area (Å²) in [5.41, 5.74) is 6.17. The first-order valence-corrected chi connectivity index (χ1v) is 29.5. The van der Waals surface area contributed by atoms with Crippen molar-refractivity contribution in [3.8, 4) is 39.8 Å². The molecule has 32 nitrogen and oxygen atoms in total. The molecule has 4 heterocycles. The molecule has 0 spiro atoms. The standard InChI is InChI=1S/C56H71N9O23S/c1-4-5-6-17-86-32-14-11-28(12-15-32)39-21-33(63-87-39)27-7-9-29(10-8-27)49(75)58-34-20-38(70)52(78)62-54(80)45-46(72)25(2)23-65(45)56(82)43(37(69)22-41(57)71)60-53(79)44(48(74)47(73)30-13-16-36(68)40(18-30)88-89(83,84)85)61-51(77)35-19-31(67)24-64(35)55(81)42(26(3)66)59-50(34)76/h7-16,18,21,25-26,31,34-35,37-38,42-48,52,66-70,72-74,78H,4-6,17,19-20,22-24H2,1-3H3,(H2,57,71)(H,58,75)(H,59,76)(H,60,79)(H,61,77)(H,62,80)(H,83,84,85)/t25-,26-,31+,34-,35-,37+,38+,42-,43-,44-,45-,46-,47-,48-,52+/m0/s1. The van der Waals surface area contributed by atoms with E-state index in [0.29, 0.717) is 56.9 Å². The number of nitrogens with zero attached hydrogens (tertiary/aromatic N) is 3. The van der Waals surface area contributed by atoms with E-state index in [4.69, 9.17) is 15.0 Å². The number of nitrogens with one attached hydrogen (secondary N) is 5. The van der Waals surface area contributed by atoms with E-state index in [1.807, 2.05) is 10.6 Å². The van der Waals surface area contributed by atoms with Crippen molar-refractivity contribution >= 4 is 57.7 Å². The van der Waals surface area contributed by atoms with Gasteiger partial charge in [0.2, 0.25) is 41.4 Å². The number of unbranched alkanes of at least 4 members (excludes halogenated alkanes) is 2. The van der Waals surface area contributed by atoms with Crippen molar-refractivity contribution in [2.45, 2.75) is 145 Å². The maximum atomic E-state index is 14.7. The van der Waals surface area contributed by atoms with E-state index in [1.54, 1.807) is 30.3 Å². The van der Waals surface area contributed by atoms with Gasteiger partial charge in [-0.05, 0) is 67.4 Å². The number of phenolic OH excluding ortho intramolecular Hbond substituents is 1. The Morgan fingerprint density at radius 2 is 1.43 bits per heavy atom. The lowest BCUT2D eigenvalue weighted by Gasteiger charge is -2.34. The molecule has 3 aliphatic heterocycles. The highest BCUT2D eigenvalue weighted by molar-refractivity contribution is 7.81. The third-order valence-electron chi connectivity index (χ3n) is 15.2. The van der Waals surface area contributed by atoms with Crippen LogP contribution >= 0.6 is 0 Å². The van der Waals surface area contributed by atoms with E-state index < -0.39 is 198 Å². The molecule has 7 rings (SSSR count). The number of fused-ring (bicyclic) bond motifs is 2. The maximum absolute atomic E-state index is 14.7. The minimum absolute atomic E-state index is 0.107.